The number of nitrogens with zero attached hydrogens (tertiary/aromatic N) is 2. The van der Waals surface area contributed by atoms with E-state index in [0.717, 1.165) is 5.56 Å². The lowest BCUT2D eigenvalue weighted by atomic mass is 10.1. The van der Waals surface area contributed by atoms with Crippen molar-refractivity contribution in [3.63, 3.8) is 0 Å². The lowest BCUT2D eigenvalue weighted by Gasteiger charge is -2.12. The summed E-state index contributed by atoms with van der Waals surface area (Å²) in [7, 11) is 0. The maximum absolute atomic E-state index is 12.8. The maximum Gasteiger partial charge on any atom is 0.322 e. The first-order chi connectivity index (χ1) is 17.1. The van der Waals surface area contributed by atoms with Crippen molar-refractivity contribution in [3.05, 3.63) is 83.9 Å². The molecule has 2 amide bonds. The van der Waals surface area contributed by atoms with E-state index in [4.69, 9.17) is 13.9 Å². The molecule has 9 heteroatoms. The van der Waals surface area contributed by atoms with Crippen molar-refractivity contribution in [2.75, 3.05) is 23.8 Å². The van der Waals surface area contributed by atoms with Gasteiger partial charge in [0.15, 0.2) is 11.5 Å². The minimum absolute atomic E-state index is 0.0267. The molecule has 0 radical (unpaired) electrons. The number of anilines is 2. The predicted molar refractivity (Wildman–Crippen MR) is 131 cm³/mol. The maximum atomic E-state index is 12.8. The number of rotatable bonds is 9. The van der Waals surface area contributed by atoms with E-state index in [1.54, 1.807) is 42.5 Å². The highest BCUT2D eigenvalue weighted by Crippen LogP contribution is 2.29. The molecule has 4 aromatic rings. The molecule has 9 nitrogen and oxygen atoms in total. The summed E-state index contributed by atoms with van der Waals surface area (Å²) < 4.78 is 16.7. The standard InChI is InChI=1S/C26H24N4O5/c1-3-33-21-14-13-19(16-22(21)34-4-2)23(31)27-20-12-8-11-18(15-20)24(32)28-26-30-29-25(35-26)17-9-6-5-7-10-17/h5-16H,3-4H2,1-2H3,(H,27,31)(H,28,30,32). The third kappa shape index (κ3) is 5.83. The number of benzene rings is 3. The fraction of sp³-hybridized carbons (Fsp3) is 0.154. The molecular weight excluding hydrogens is 448 g/mol. The van der Waals surface area contributed by atoms with Crippen LogP contribution in [0.4, 0.5) is 11.7 Å². The van der Waals surface area contributed by atoms with Gasteiger partial charge >= 0.3 is 6.01 Å². The first kappa shape index (κ1) is 23.5. The Morgan fingerprint density at radius 1 is 0.771 bits per heavy atom. The van der Waals surface area contributed by atoms with Gasteiger partial charge in [0.2, 0.25) is 5.89 Å². The molecule has 0 spiro atoms. The summed E-state index contributed by atoms with van der Waals surface area (Å²) in [5.41, 5.74) is 1.90. The second-order valence-electron chi connectivity index (χ2n) is 7.29. The zero-order chi connectivity index (χ0) is 24.6. The number of hydrogen-bond donors (Lipinski definition) is 2. The van der Waals surface area contributed by atoms with Crippen molar-refractivity contribution in [2.45, 2.75) is 13.8 Å². The van der Waals surface area contributed by atoms with Crippen LogP contribution in [0, 0.1) is 0 Å². The molecule has 1 heterocycles. The van der Waals surface area contributed by atoms with Crippen molar-refractivity contribution in [3.8, 4) is 23.0 Å². The van der Waals surface area contributed by atoms with Gasteiger partial charge in [-0.3, -0.25) is 14.9 Å². The molecule has 0 aliphatic rings. The average Bonchev–Trinajstić information content (AvgIpc) is 3.34. The van der Waals surface area contributed by atoms with E-state index in [2.05, 4.69) is 20.8 Å². The number of carbonyl (C=O) groups is 2. The van der Waals surface area contributed by atoms with Crippen LogP contribution in [0.15, 0.2) is 77.2 Å². The van der Waals surface area contributed by atoms with Gasteiger partial charge in [0.05, 0.1) is 13.2 Å². The van der Waals surface area contributed by atoms with E-state index in [1.165, 1.54) is 0 Å². The lowest BCUT2D eigenvalue weighted by molar-refractivity contribution is 0.101. The lowest BCUT2D eigenvalue weighted by Crippen LogP contribution is -2.15. The van der Waals surface area contributed by atoms with Gasteiger partial charge in [0.25, 0.3) is 11.8 Å². The number of ether oxygens (including phenoxy) is 2. The topological polar surface area (TPSA) is 116 Å². The molecule has 0 saturated carbocycles. The van der Waals surface area contributed by atoms with Crippen LogP contribution in [0.5, 0.6) is 11.5 Å². The minimum atomic E-state index is -0.455. The first-order valence-corrected chi connectivity index (χ1v) is 11.1. The molecule has 178 valence electrons. The van der Waals surface area contributed by atoms with Crippen LogP contribution in [0.1, 0.15) is 34.6 Å². The second-order valence-corrected chi connectivity index (χ2v) is 7.29. The van der Waals surface area contributed by atoms with E-state index < -0.39 is 5.91 Å². The molecule has 0 aliphatic heterocycles. The van der Waals surface area contributed by atoms with Crippen LogP contribution >= 0.6 is 0 Å². The molecule has 0 saturated heterocycles. The van der Waals surface area contributed by atoms with Gasteiger partial charge in [-0.25, -0.2) is 0 Å². The molecule has 4 rings (SSSR count). The predicted octanol–water partition coefficient (Wildman–Crippen LogP) is 5.04. The first-order valence-electron chi connectivity index (χ1n) is 11.1. The molecule has 0 aliphatic carbocycles. The van der Waals surface area contributed by atoms with Gasteiger partial charge in [-0.1, -0.05) is 29.4 Å². The van der Waals surface area contributed by atoms with E-state index in [9.17, 15) is 9.59 Å². The summed E-state index contributed by atoms with van der Waals surface area (Å²) >= 11 is 0. The van der Waals surface area contributed by atoms with Crippen LogP contribution < -0.4 is 20.1 Å². The molecular formula is C26H24N4O5. The minimum Gasteiger partial charge on any atom is -0.490 e. The summed E-state index contributed by atoms with van der Waals surface area (Å²) in [6, 6.07) is 20.7. The molecule has 0 bridgehead atoms. The van der Waals surface area contributed by atoms with E-state index in [-0.39, 0.29) is 11.9 Å². The molecule has 2 N–H and O–H groups in total. The largest absolute Gasteiger partial charge is 0.490 e. The van der Waals surface area contributed by atoms with Gasteiger partial charge in [-0.2, -0.15) is 0 Å². The van der Waals surface area contributed by atoms with Gasteiger partial charge in [-0.15, -0.1) is 5.10 Å². The SMILES string of the molecule is CCOc1ccc(C(=O)Nc2cccc(C(=O)Nc3nnc(-c4ccccc4)o3)c2)cc1OCC. The van der Waals surface area contributed by atoms with Gasteiger partial charge < -0.3 is 19.2 Å². The van der Waals surface area contributed by atoms with Crippen molar-refractivity contribution in [2.24, 2.45) is 0 Å². The van der Waals surface area contributed by atoms with Crippen LogP contribution in [-0.4, -0.2) is 35.2 Å². The second kappa shape index (κ2) is 11.0. The quantitative estimate of drug-likeness (QED) is 0.351. The van der Waals surface area contributed by atoms with E-state index >= 15 is 0 Å². The van der Waals surface area contributed by atoms with Crippen molar-refractivity contribution in [1.29, 1.82) is 0 Å². The van der Waals surface area contributed by atoms with Crippen molar-refractivity contribution < 1.29 is 23.5 Å². The Bertz CT molecular complexity index is 1320. The summed E-state index contributed by atoms with van der Waals surface area (Å²) in [6.07, 6.45) is 0. The highest BCUT2D eigenvalue weighted by molar-refractivity contribution is 6.07. The van der Waals surface area contributed by atoms with Crippen LogP contribution in [0.25, 0.3) is 11.5 Å². The summed E-state index contributed by atoms with van der Waals surface area (Å²) in [4.78, 5) is 25.5. The normalized spacial score (nSPS) is 10.5. The smallest absolute Gasteiger partial charge is 0.322 e. The number of carbonyl (C=O) groups excluding carboxylic acids is 2. The van der Waals surface area contributed by atoms with Crippen LogP contribution in [0.2, 0.25) is 0 Å². The molecule has 0 fully saturated rings. The van der Waals surface area contributed by atoms with Gasteiger partial charge in [-0.05, 0) is 62.4 Å². The van der Waals surface area contributed by atoms with E-state index in [1.807, 2.05) is 44.2 Å². The summed E-state index contributed by atoms with van der Waals surface area (Å²) in [6.45, 7) is 4.66. The monoisotopic (exact) mass is 472 g/mol. The number of nitrogens with one attached hydrogen (secondary N) is 2. The zero-order valence-corrected chi connectivity index (χ0v) is 19.3. The van der Waals surface area contributed by atoms with Crippen LogP contribution in [0.3, 0.4) is 0 Å². The summed E-state index contributed by atoms with van der Waals surface area (Å²) in [5.74, 6) is 0.550. The van der Waals surface area contributed by atoms with Gasteiger partial charge in [0, 0.05) is 22.4 Å². The Hall–Kier alpha value is -4.66. The molecule has 3 aromatic carbocycles. The van der Waals surface area contributed by atoms with Crippen molar-refractivity contribution >= 4 is 23.5 Å². The average molecular weight is 473 g/mol. The van der Waals surface area contributed by atoms with E-state index in [0.29, 0.717) is 47.4 Å². The fourth-order valence-corrected chi connectivity index (χ4v) is 3.27. The zero-order valence-electron chi connectivity index (χ0n) is 19.3. The third-order valence-electron chi connectivity index (χ3n) is 4.85. The third-order valence-corrected chi connectivity index (χ3v) is 4.85. The Morgan fingerprint density at radius 2 is 1.49 bits per heavy atom. The van der Waals surface area contributed by atoms with Crippen molar-refractivity contribution in [1.82, 2.24) is 10.2 Å². The Kier molecular flexibility index (Phi) is 7.37. The van der Waals surface area contributed by atoms with Gasteiger partial charge in [0.1, 0.15) is 0 Å². The highest BCUT2D eigenvalue weighted by Gasteiger charge is 2.15. The highest BCUT2D eigenvalue weighted by atomic mass is 16.5. The fourth-order valence-electron chi connectivity index (χ4n) is 3.27. The molecule has 0 atom stereocenters. The summed E-state index contributed by atoms with van der Waals surface area (Å²) in [5, 5.41) is 13.2. The molecule has 0 unspecified atom stereocenters. The Balaban J connectivity index is 1.44. The number of aromatic nitrogens is 2. The molecule has 1 aromatic heterocycles. The Labute approximate surface area is 202 Å². The number of amides is 2. The Morgan fingerprint density at radius 3 is 2.26 bits per heavy atom. The van der Waals surface area contributed by atoms with Crippen LogP contribution in [-0.2, 0) is 0 Å². The molecule has 35 heavy (non-hydrogen) atoms. The number of hydrogen-bond acceptors (Lipinski definition) is 7.